The first kappa shape index (κ1) is 14.6. The molecular formula is C16H18N2OS. The predicted octanol–water partition coefficient (Wildman–Crippen LogP) is 3.38. The SMILES string of the molecule is CNCc1cccc(NC(=O)c2ccc(SC)cc2)c1. The van der Waals surface area contributed by atoms with Gasteiger partial charge in [0.05, 0.1) is 0 Å². The van der Waals surface area contributed by atoms with Crippen LogP contribution in [0.3, 0.4) is 0 Å². The molecule has 104 valence electrons. The van der Waals surface area contributed by atoms with Crippen LogP contribution in [0, 0.1) is 0 Å². The first-order chi connectivity index (χ1) is 9.72. The van der Waals surface area contributed by atoms with E-state index in [1.807, 2.05) is 61.8 Å². The Morgan fingerprint density at radius 3 is 2.55 bits per heavy atom. The van der Waals surface area contributed by atoms with Crippen LogP contribution in [0.2, 0.25) is 0 Å². The summed E-state index contributed by atoms with van der Waals surface area (Å²) in [4.78, 5) is 13.3. The third-order valence-electron chi connectivity index (χ3n) is 2.92. The van der Waals surface area contributed by atoms with Gasteiger partial charge in [0.25, 0.3) is 5.91 Å². The summed E-state index contributed by atoms with van der Waals surface area (Å²) in [5.41, 5.74) is 2.63. The number of nitrogens with one attached hydrogen (secondary N) is 2. The van der Waals surface area contributed by atoms with Crippen molar-refractivity contribution in [3.05, 3.63) is 59.7 Å². The van der Waals surface area contributed by atoms with E-state index in [4.69, 9.17) is 0 Å². The molecule has 0 heterocycles. The summed E-state index contributed by atoms with van der Waals surface area (Å²) in [5, 5.41) is 6.01. The molecule has 2 aromatic carbocycles. The minimum Gasteiger partial charge on any atom is -0.322 e. The van der Waals surface area contributed by atoms with Gasteiger partial charge in [-0.2, -0.15) is 0 Å². The molecule has 0 aliphatic heterocycles. The lowest BCUT2D eigenvalue weighted by atomic mass is 10.1. The first-order valence-corrected chi connectivity index (χ1v) is 7.64. The van der Waals surface area contributed by atoms with Crippen molar-refractivity contribution in [2.75, 3.05) is 18.6 Å². The third-order valence-corrected chi connectivity index (χ3v) is 3.66. The van der Waals surface area contributed by atoms with Crippen molar-refractivity contribution in [1.82, 2.24) is 5.32 Å². The average molecular weight is 286 g/mol. The maximum Gasteiger partial charge on any atom is 0.255 e. The second-order valence-electron chi connectivity index (χ2n) is 4.41. The number of benzene rings is 2. The quantitative estimate of drug-likeness (QED) is 0.828. The highest BCUT2D eigenvalue weighted by Gasteiger charge is 2.06. The van der Waals surface area contributed by atoms with Crippen LogP contribution >= 0.6 is 11.8 Å². The lowest BCUT2D eigenvalue weighted by Gasteiger charge is -2.08. The molecule has 20 heavy (non-hydrogen) atoms. The van der Waals surface area contributed by atoms with Gasteiger partial charge in [-0.1, -0.05) is 12.1 Å². The first-order valence-electron chi connectivity index (χ1n) is 6.42. The van der Waals surface area contributed by atoms with Gasteiger partial charge < -0.3 is 10.6 Å². The van der Waals surface area contributed by atoms with Gasteiger partial charge in [-0.25, -0.2) is 0 Å². The van der Waals surface area contributed by atoms with Crippen molar-refractivity contribution in [1.29, 1.82) is 0 Å². The van der Waals surface area contributed by atoms with Gasteiger partial charge in [-0.3, -0.25) is 4.79 Å². The summed E-state index contributed by atoms with van der Waals surface area (Å²) < 4.78 is 0. The molecule has 2 aromatic rings. The largest absolute Gasteiger partial charge is 0.322 e. The summed E-state index contributed by atoms with van der Waals surface area (Å²) >= 11 is 1.66. The lowest BCUT2D eigenvalue weighted by Crippen LogP contribution is -2.12. The molecule has 0 spiro atoms. The molecule has 2 rings (SSSR count). The van der Waals surface area contributed by atoms with Crippen LogP contribution in [0.4, 0.5) is 5.69 Å². The molecule has 0 saturated carbocycles. The van der Waals surface area contributed by atoms with Gasteiger partial charge in [-0.15, -0.1) is 11.8 Å². The number of rotatable bonds is 5. The Kier molecular flexibility index (Phi) is 5.21. The fraction of sp³-hybridized carbons (Fsp3) is 0.188. The topological polar surface area (TPSA) is 41.1 Å². The number of hydrogen-bond donors (Lipinski definition) is 2. The van der Waals surface area contributed by atoms with Crippen molar-refractivity contribution in [3.63, 3.8) is 0 Å². The van der Waals surface area contributed by atoms with E-state index in [0.717, 1.165) is 22.7 Å². The summed E-state index contributed by atoms with van der Waals surface area (Å²) in [5.74, 6) is -0.0840. The molecule has 3 nitrogen and oxygen atoms in total. The zero-order valence-electron chi connectivity index (χ0n) is 11.6. The highest BCUT2D eigenvalue weighted by Crippen LogP contribution is 2.16. The fourth-order valence-corrected chi connectivity index (χ4v) is 2.32. The van der Waals surface area contributed by atoms with E-state index < -0.39 is 0 Å². The van der Waals surface area contributed by atoms with Crippen LogP contribution in [0.15, 0.2) is 53.4 Å². The van der Waals surface area contributed by atoms with Gasteiger partial charge in [0.15, 0.2) is 0 Å². The molecule has 0 unspecified atom stereocenters. The molecule has 0 radical (unpaired) electrons. The minimum absolute atomic E-state index is 0.0840. The zero-order chi connectivity index (χ0) is 14.4. The summed E-state index contributed by atoms with van der Waals surface area (Å²) in [6, 6.07) is 15.4. The van der Waals surface area contributed by atoms with Gasteiger partial charge in [-0.05, 0) is 55.3 Å². The molecule has 0 aliphatic rings. The molecule has 0 aromatic heterocycles. The lowest BCUT2D eigenvalue weighted by molar-refractivity contribution is 0.102. The Morgan fingerprint density at radius 1 is 1.15 bits per heavy atom. The van der Waals surface area contributed by atoms with E-state index in [0.29, 0.717) is 5.56 Å². The van der Waals surface area contributed by atoms with E-state index in [9.17, 15) is 4.79 Å². The van der Waals surface area contributed by atoms with Crippen molar-refractivity contribution in [2.45, 2.75) is 11.4 Å². The van der Waals surface area contributed by atoms with E-state index in [1.165, 1.54) is 0 Å². The maximum absolute atomic E-state index is 12.1. The van der Waals surface area contributed by atoms with E-state index in [2.05, 4.69) is 10.6 Å². The highest BCUT2D eigenvalue weighted by molar-refractivity contribution is 7.98. The number of thioether (sulfide) groups is 1. The molecule has 1 amide bonds. The number of hydrogen-bond acceptors (Lipinski definition) is 3. The van der Waals surface area contributed by atoms with Crippen LogP contribution in [0.25, 0.3) is 0 Å². The Morgan fingerprint density at radius 2 is 1.90 bits per heavy atom. The predicted molar refractivity (Wildman–Crippen MR) is 85.4 cm³/mol. The van der Waals surface area contributed by atoms with Crippen LogP contribution in [0.1, 0.15) is 15.9 Å². The average Bonchev–Trinajstić information content (AvgIpc) is 2.48. The Hall–Kier alpha value is -1.78. The molecule has 0 atom stereocenters. The molecular weight excluding hydrogens is 268 g/mol. The zero-order valence-corrected chi connectivity index (χ0v) is 12.5. The highest BCUT2D eigenvalue weighted by atomic mass is 32.2. The second-order valence-corrected chi connectivity index (χ2v) is 5.29. The molecule has 2 N–H and O–H groups in total. The Labute approximate surface area is 123 Å². The smallest absolute Gasteiger partial charge is 0.255 e. The van der Waals surface area contributed by atoms with Crippen molar-refractivity contribution in [3.8, 4) is 0 Å². The van der Waals surface area contributed by atoms with Crippen LogP contribution in [0.5, 0.6) is 0 Å². The Bertz CT molecular complexity index is 581. The molecule has 0 bridgehead atoms. The van der Waals surface area contributed by atoms with Crippen molar-refractivity contribution < 1.29 is 4.79 Å². The van der Waals surface area contributed by atoms with Gasteiger partial charge >= 0.3 is 0 Å². The normalized spacial score (nSPS) is 10.3. The summed E-state index contributed by atoms with van der Waals surface area (Å²) in [6.45, 7) is 0.784. The second kappa shape index (κ2) is 7.12. The molecule has 0 aliphatic carbocycles. The van der Waals surface area contributed by atoms with E-state index in [1.54, 1.807) is 11.8 Å². The van der Waals surface area contributed by atoms with E-state index >= 15 is 0 Å². The summed E-state index contributed by atoms with van der Waals surface area (Å²) in [6.07, 6.45) is 2.02. The number of carbonyl (C=O) groups excluding carboxylic acids is 1. The number of anilines is 1. The number of amides is 1. The fourth-order valence-electron chi connectivity index (χ4n) is 1.91. The molecule has 0 saturated heterocycles. The molecule has 4 heteroatoms. The third kappa shape index (κ3) is 3.85. The van der Waals surface area contributed by atoms with Gasteiger partial charge in [0.1, 0.15) is 0 Å². The van der Waals surface area contributed by atoms with Crippen LogP contribution in [-0.2, 0) is 6.54 Å². The minimum atomic E-state index is -0.0840. The van der Waals surface area contributed by atoms with Gasteiger partial charge in [0.2, 0.25) is 0 Å². The van der Waals surface area contributed by atoms with Crippen LogP contribution < -0.4 is 10.6 Å². The maximum atomic E-state index is 12.1. The standard InChI is InChI=1S/C16H18N2OS/c1-17-11-12-4-3-5-14(10-12)18-16(19)13-6-8-15(20-2)9-7-13/h3-10,17H,11H2,1-2H3,(H,18,19). The number of carbonyl (C=O) groups is 1. The molecule has 0 fully saturated rings. The van der Waals surface area contributed by atoms with Gasteiger partial charge in [0, 0.05) is 22.7 Å². The monoisotopic (exact) mass is 286 g/mol. The van der Waals surface area contributed by atoms with Crippen molar-refractivity contribution >= 4 is 23.4 Å². The Balaban J connectivity index is 2.08. The van der Waals surface area contributed by atoms with Crippen LogP contribution in [-0.4, -0.2) is 19.2 Å². The summed E-state index contributed by atoms with van der Waals surface area (Å²) in [7, 11) is 1.90. The van der Waals surface area contributed by atoms with E-state index in [-0.39, 0.29) is 5.91 Å². The van der Waals surface area contributed by atoms with Crippen molar-refractivity contribution in [2.24, 2.45) is 0 Å².